The smallest absolute Gasteiger partial charge is 0.270 e. The van der Waals surface area contributed by atoms with Gasteiger partial charge in [-0.2, -0.15) is 0 Å². The Morgan fingerprint density at radius 1 is 1.65 bits per heavy atom. The minimum absolute atomic E-state index is 0.0710. The molecule has 106 valence electrons. The van der Waals surface area contributed by atoms with E-state index in [9.17, 15) is 4.79 Å². The third kappa shape index (κ3) is 3.15. The first-order chi connectivity index (χ1) is 9.65. The van der Waals surface area contributed by atoms with Crippen molar-refractivity contribution in [3.8, 4) is 11.3 Å². The van der Waals surface area contributed by atoms with Crippen molar-refractivity contribution in [1.82, 2.24) is 14.9 Å². The molecule has 6 heteroatoms. The number of aryl methyl sites for hydroxylation is 1. The van der Waals surface area contributed by atoms with Crippen molar-refractivity contribution in [2.75, 3.05) is 19.7 Å². The van der Waals surface area contributed by atoms with Gasteiger partial charge in [-0.1, -0.05) is 6.08 Å². The van der Waals surface area contributed by atoms with E-state index >= 15 is 0 Å². The lowest BCUT2D eigenvalue weighted by Crippen LogP contribution is -2.33. The second-order valence-electron chi connectivity index (χ2n) is 4.32. The number of carbonyl (C=O) groups excluding carboxylic acids is 1. The fraction of sp³-hybridized carbons (Fsp3) is 0.286. The van der Waals surface area contributed by atoms with Crippen LogP contribution in [0.3, 0.4) is 0 Å². The van der Waals surface area contributed by atoms with Gasteiger partial charge in [0, 0.05) is 30.2 Å². The molecule has 0 aromatic carbocycles. The van der Waals surface area contributed by atoms with E-state index < -0.39 is 0 Å². The SMILES string of the molecule is C=CCN(CCO)C(=O)c1cc(-c2csc(C)n2)c[nH]1. The van der Waals surface area contributed by atoms with Gasteiger partial charge in [-0.05, 0) is 13.0 Å². The zero-order valence-electron chi connectivity index (χ0n) is 11.3. The first-order valence-electron chi connectivity index (χ1n) is 6.27. The van der Waals surface area contributed by atoms with Crippen LogP contribution in [0.2, 0.25) is 0 Å². The van der Waals surface area contributed by atoms with Crippen molar-refractivity contribution in [2.24, 2.45) is 0 Å². The van der Waals surface area contributed by atoms with Crippen LogP contribution < -0.4 is 0 Å². The van der Waals surface area contributed by atoms with Crippen molar-refractivity contribution >= 4 is 17.2 Å². The number of aliphatic hydroxyl groups is 1. The minimum Gasteiger partial charge on any atom is -0.395 e. The number of aromatic amines is 1. The molecule has 2 aromatic rings. The molecule has 0 bridgehead atoms. The quantitative estimate of drug-likeness (QED) is 0.800. The van der Waals surface area contributed by atoms with E-state index in [0.717, 1.165) is 16.3 Å². The second kappa shape index (κ2) is 6.49. The number of hydrogen-bond donors (Lipinski definition) is 2. The molecule has 5 nitrogen and oxygen atoms in total. The van der Waals surface area contributed by atoms with Crippen LogP contribution in [0, 0.1) is 6.92 Å². The predicted molar refractivity (Wildman–Crippen MR) is 79.8 cm³/mol. The molecule has 0 saturated carbocycles. The van der Waals surface area contributed by atoms with Crippen molar-refractivity contribution in [2.45, 2.75) is 6.92 Å². The molecule has 1 amide bonds. The van der Waals surface area contributed by atoms with Crippen LogP contribution in [0.15, 0.2) is 30.3 Å². The molecular formula is C14H17N3O2S. The summed E-state index contributed by atoms with van der Waals surface area (Å²) in [6.07, 6.45) is 3.41. The summed E-state index contributed by atoms with van der Waals surface area (Å²) in [5, 5.41) is 11.9. The van der Waals surface area contributed by atoms with Crippen LogP contribution in [-0.4, -0.2) is 45.6 Å². The molecule has 2 N–H and O–H groups in total. The average Bonchev–Trinajstić information content (AvgIpc) is 3.06. The summed E-state index contributed by atoms with van der Waals surface area (Å²) in [5.41, 5.74) is 2.24. The Bertz CT molecular complexity index is 603. The van der Waals surface area contributed by atoms with Crippen LogP contribution in [0.1, 0.15) is 15.5 Å². The molecule has 0 spiro atoms. The summed E-state index contributed by atoms with van der Waals surface area (Å²) < 4.78 is 0. The fourth-order valence-corrected chi connectivity index (χ4v) is 2.51. The lowest BCUT2D eigenvalue weighted by molar-refractivity contribution is 0.0738. The molecule has 0 aliphatic heterocycles. The third-order valence-corrected chi connectivity index (χ3v) is 3.61. The van der Waals surface area contributed by atoms with Crippen LogP contribution in [0.4, 0.5) is 0 Å². The Balaban J connectivity index is 2.18. The van der Waals surface area contributed by atoms with Gasteiger partial charge in [-0.3, -0.25) is 4.79 Å². The van der Waals surface area contributed by atoms with Crippen LogP contribution >= 0.6 is 11.3 Å². The predicted octanol–water partition coefficient (Wildman–Crippen LogP) is 2.07. The van der Waals surface area contributed by atoms with E-state index in [1.807, 2.05) is 12.3 Å². The molecule has 0 aliphatic carbocycles. The maximum atomic E-state index is 12.3. The van der Waals surface area contributed by atoms with E-state index in [1.165, 1.54) is 4.90 Å². The van der Waals surface area contributed by atoms with Gasteiger partial charge in [-0.25, -0.2) is 4.98 Å². The first-order valence-corrected chi connectivity index (χ1v) is 7.15. The summed E-state index contributed by atoms with van der Waals surface area (Å²) in [5.74, 6) is -0.155. The van der Waals surface area contributed by atoms with E-state index in [4.69, 9.17) is 5.11 Å². The molecule has 2 rings (SSSR count). The van der Waals surface area contributed by atoms with Gasteiger partial charge in [0.25, 0.3) is 5.91 Å². The van der Waals surface area contributed by atoms with Crippen LogP contribution in [0.25, 0.3) is 11.3 Å². The van der Waals surface area contributed by atoms with Gasteiger partial charge >= 0.3 is 0 Å². The highest BCUT2D eigenvalue weighted by Gasteiger charge is 2.16. The monoisotopic (exact) mass is 291 g/mol. The average molecular weight is 291 g/mol. The second-order valence-corrected chi connectivity index (χ2v) is 5.38. The number of aromatic nitrogens is 2. The van der Waals surface area contributed by atoms with E-state index in [2.05, 4.69) is 16.5 Å². The third-order valence-electron chi connectivity index (χ3n) is 2.83. The lowest BCUT2D eigenvalue weighted by atomic mass is 10.2. The number of nitrogens with one attached hydrogen (secondary N) is 1. The van der Waals surface area contributed by atoms with E-state index in [0.29, 0.717) is 12.2 Å². The lowest BCUT2D eigenvalue weighted by Gasteiger charge is -2.18. The number of rotatable bonds is 6. The summed E-state index contributed by atoms with van der Waals surface area (Å²) in [6, 6.07) is 1.78. The normalized spacial score (nSPS) is 10.5. The van der Waals surface area contributed by atoms with Crippen molar-refractivity contribution < 1.29 is 9.90 Å². The Hall–Kier alpha value is -1.92. The van der Waals surface area contributed by atoms with Gasteiger partial charge < -0.3 is 15.0 Å². The number of H-pyrrole nitrogens is 1. The molecule has 2 heterocycles. The number of carbonyl (C=O) groups is 1. The Labute approximate surface area is 121 Å². The van der Waals surface area contributed by atoms with E-state index in [-0.39, 0.29) is 19.1 Å². The molecule has 0 fully saturated rings. The number of hydrogen-bond acceptors (Lipinski definition) is 4. The maximum absolute atomic E-state index is 12.3. The number of aliphatic hydroxyl groups excluding tert-OH is 1. The van der Waals surface area contributed by atoms with Crippen molar-refractivity contribution in [1.29, 1.82) is 0 Å². The summed E-state index contributed by atoms with van der Waals surface area (Å²) in [7, 11) is 0. The summed E-state index contributed by atoms with van der Waals surface area (Å²) >= 11 is 1.57. The zero-order chi connectivity index (χ0) is 14.5. The molecular weight excluding hydrogens is 274 g/mol. The molecule has 20 heavy (non-hydrogen) atoms. The number of amides is 1. The summed E-state index contributed by atoms with van der Waals surface area (Å²) in [6.45, 7) is 6.19. The molecule has 0 aliphatic rings. The highest BCUT2D eigenvalue weighted by molar-refractivity contribution is 7.09. The van der Waals surface area contributed by atoms with Crippen LogP contribution in [0.5, 0.6) is 0 Å². The van der Waals surface area contributed by atoms with Crippen molar-refractivity contribution in [3.05, 3.63) is 41.0 Å². The number of thiazole rings is 1. The Morgan fingerprint density at radius 2 is 2.45 bits per heavy atom. The molecule has 2 aromatic heterocycles. The first kappa shape index (κ1) is 14.5. The van der Waals surface area contributed by atoms with Crippen molar-refractivity contribution in [3.63, 3.8) is 0 Å². The zero-order valence-corrected chi connectivity index (χ0v) is 12.1. The molecule has 0 saturated heterocycles. The maximum Gasteiger partial charge on any atom is 0.270 e. The van der Waals surface area contributed by atoms with Gasteiger partial charge in [0.05, 0.1) is 17.3 Å². The fourth-order valence-electron chi connectivity index (χ4n) is 1.88. The Kier molecular flexibility index (Phi) is 4.70. The summed E-state index contributed by atoms with van der Waals surface area (Å²) in [4.78, 5) is 21.2. The van der Waals surface area contributed by atoms with Gasteiger partial charge in [0.1, 0.15) is 5.69 Å². The van der Waals surface area contributed by atoms with Gasteiger partial charge in [-0.15, -0.1) is 17.9 Å². The van der Waals surface area contributed by atoms with Gasteiger partial charge in [0.2, 0.25) is 0 Å². The molecule has 0 unspecified atom stereocenters. The highest BCUT2D eigenvalue weighted by atomic mass is 32.1. The van der Waals surface area contributed by atoms with Crippen LogP contribution in [-0.2, 0) is 0 Å². The topological polar surface area (TPSA) is 69.2 Å². The minimum atomic E-state index is -0.155. The van der Waals surface area contributed by atoms with E-state index in [1.54, 1.807) is 29.7 Å². The standard InChI is InChI=1S/C14H17N3O2S/c1-3-4-17(5-6-18)14(19)12-7-11(8-15-12)13-9-20-10(2)16-13/h3,7-9,15,18H,1,4-6H2,2H3. The highest BCUT2D eigenvalue weighted by Crippen LogP contribution is 2.22. The Morgan fingerprint density at radius 3 is 3.05 bits per heavy atom. The molecule has 0 radical (unpaired) electrons. The number of nitrogens with zero attached hydrogens (tertiary/aromatic N) is 2. The molecule has 0 atom stereocenters. The largest absolute Gasteiger partial charge is 0.395 e. The van der Waals surface area contributed by atoms with Gasteiger partial charge in [0.15, 0.2) is 0 Å².